The zero-order chi connectivity index (χ0) is 26.6. The third-order valence-electron chi connectivity index (χ3n) is 6.13. The topological polar surface area (TPSA) is 102 Å². The van der Waals surface area contributed by atoms with Crippen molar-refractivity contribution in [3.63, 3.8) is 0 Å². The van der Waals surface area contributed by atoms with E-state index in [0.29, 0.717) is 47.4 Å². The van der Waals surface area contributed by atoms with Gasteiger partial charge >= 0.3 is 0 Å². The van der Waals surface area contributed by atoms with Crippen molar-refractivity contribution >= 4 is 22.6 Å². The second-order valence-electron chi connectivity index (χ2n) is 8.69. The number of para-hydroxylation sites is 1. The molecule has 0 saturated heterocycles. The molecule has 192 valence electrons. The molecule has 3 heterocycles. The van der Waals surface area contributed by atoms with Gasteiger partial charge in [0.25, 0.3) is 11.5 Å². The molecule has 38 heavy (non-hydrogen) atoms. The van der Waals surface area contributed by atoms with Gasteiger partial charge in [-0.05, 0) is 55.8 Å². The number of fused-ring (bicyclic) bond motifs is 1. The zero-order valence-corrected chi connectivity index (χ0v) is 21.3. The van der Waals surface area contributed by atoms with Crippen LogP contribution in [0.2, 0.25) is 0 Å². The van der Waals surface area contributed by atoms with Crippen molar-refractivity contribution in [2.45, 2.75) is 20.3 Å². The van der Waals surface area contributed by atoms with Gasteiger partial charge in [-0.15, -0.1) is 0 Å². The van der Waals surface area contributed by atoms with E-state index < -0.39 is 11.5 Å². The van der Waals surface area contributed by atoms with Crippen LogP contribution >= 0.6 is 0 Å². The normalized spacial score (nSPS) is 10.9. The molecule has 0 fully saturated rings. The highest BCUT2D eigenvalue weighted by Crippen LogP contribution is 2.31. The number of carbonyl (C=O) groups is 1. The Bertz CT molecular complexity index is 1640. The van der Waals surface area contributed by atoms with Crippen LogP contribution in [-0.4, -0.2) is 39.3 Å². The number of amides is 1. The van der Waals surface area contributed by atoms with Crippen LogP contribution in [0.5, 0.6) is 17.2 Å². The largest absolute Gasteiger partial charge is 0.497 e. The first kappa shape index (κ1) is 24.8. The van der Waals surface area contributed by atoms with Crippen LogP contribution in [0.3, 0.4) is 0 Å². The standard InChI is InChI=1S/C29H27N5O4/c1-4-16-33(28(35)27-19(2)32-34(29(27)36)20-8-6-5-7-9-20)26-13-11-22(18-31-26)38-25-14-15-30-24-17-21(37-3)10-12-23(24)25/h5-15,17-18,32H,4,16H2,1-3H3. The van der Waals surface area contributed by atoms with Gasteiger partial charge in [0, 0.05) is 29.9 Å². The maximum atomic E-state index is 13.6. The SMILES string of the molecule is CCCN(C(=O)c1c(C)[nH]n(-c2ccccc2)c1=O)c1ccc(Oc2ccnc3cc(OC)ccc23)cn1. The van der Waals surface area contributed by atoms with Crippen LogP contribution in [-0.2, 0) is 0 Å². The highest BCUT2D eigenvalue weighted by Gasteiger charge is 2.26. The average Bonchev–Trinajstić information content (AvgIpc) is 3.25. The number of hydrogen-bond acceptors (Lipinski definition) is 6. The molecule has 0 atom stereocenters. The van der Waals surface area contributed by atoms with E-state index in [-0.39, 0.29) is 5.56 Å². The molecule has 2 aromatic carbocycles. The fraction of sp³-hybridized carbons (Fsp3) is 0.172. The summed E-state index contributed by atoms with van der Waals surface area (Å²) in [5, 5.41) is 3.85. The summed E-state index contributed by atoms with van der Waals surface area (Å²) in [5.74, 6) is 1.86. The lowest BCUT2D eigenvalue weighted by Gasteiger charge is -2.21. The number of nitrogens with one attached hydrogen (secondary N) is 1. The summed E-state index contributed by atoms with van der Waals surface area (Å²) >= 11 is 0. The van der Waals surface area contributed by atoms with E-state index in [1.807, 2.05) is 43.3 Å². The van der Waals surface area contributed by atoms with E-state index in [1.54, 1.807) is 56.8 Å². The number of pyridine rings is 2. The minimum Gasteiger partial charge on any atom is -0.497 e. The van der Waals surface area contributed by atoms with Crippen LogP contribution in [0.1, 0.15) is 29.4 Å². The Morgan fingerprint density at radius 1 is 1.03 bits per heavy atom. The van der Waals surface area contributed by atoms with E-state index in [1.165, 1.54) is 9.58 Å². The number of rotatable bonds is 8. The van der Waals surface area contributed by atoms with Gasteiger partial charge in [-0.1, -0.05) is 25.1 Å². The first-order valence-corrected chi connectivity index (χ1v) is 12.3. The van der Waals surface area contributed by atoms with Gasteiger partial charge in [-0.3, -0.25) is 24.6 Å². The average molecular weight is 510 g/mol. The van der Waals surface area contributed by atoms with Crippen LogP contribution in [0.25, 0.3) is 16.6 Å². The predicted octanol–water partition coefficient (Wildman–Crippen LogP) is 5.27. The van der Waals surface area contributed by atoms with Gasteiger partial charge in [0.15, 0.2) is 0 Å². The van der Waals surface area contributed by atoms with Crippen molar-refractivity contribution in [2.75, 3.05) is 18.6 Å². The van der Waals surface area contributed by atoms with Crippen molar-refractivity contribution in [1.82, 2.24) is 19.7 Å². The number of benzene rings is 2. The van der Waals surface area contributed by atoms with Crippen molar-refractivity contribution in [3.8, 4) is 22.9 Å². The fourth-order valence-electron chi connectivity index (χ4n) is 4.27. The van der Waals surface area contributed by atoms with E-state index >= 15 is 0 Å². The molecule has 5 rings (SSSR count). The summed E-state index contributed by atoms with van der Waals surface area (Å²) in [5.41, 5.74) is 1.58. The van der Waals surface area contributed by atoms with Crippen LogP contribution in [0.4, 0.5) is 5.82 Å². The van der Waals surface area contributed by atoms with Gasteiger partial charge in [0.05, 0.1) is 24.5 Å². The molecule has 0 aliphatic rings. The van der Waals surface area contributed by atoms with Gasteiger partial charge in [0.1, 0.15) is 28.6 Å². The van der Waals surface area contributed by atoms with Crippen LogP contribution < -0.4 is 19.9 Å². The number of aromatic nitrogens is 4. The Morgan fingerprint density at radius 3 is 2.53 bits per heavy atom. The summed E-state index contributed by atoms with van der Waals surface area (Å²) in [6, 6.07) is 20.0. The molecule has 0 bridgehead atoms. The van der Waals surface area contributed by atoms with Gasteiger partial charge in [-0.25, -0.2) is 9.67 Å². The molecule has 9 nitrogen and oxygen atoms in total. The number of nitrogens with zero attached hydrogens (tertiary/aromatic N) is 4. The van der Waals surface area contributed by atoms with Crippen molar-refractivity contribution < 1.29 is 14.3 Å². The summed E-state index contributed by atoms with van der Waals surface area (Å²) in [6.45, 7) is 4.09. The lowest BCUT2D eigenvalue weighted by atomic mass is 10.2. The second kappa shape index (κ2) is 10.6. The minimum atomic E-state index is -0.407. The molecular weight excluding hydrogens is 482 g/mol. The molecule has 0 saturated carbocycles. The zero-order valence-electron chi connectivity index (χ0n) is 21.3. The van der Waals surface area contributed by atoms with E-state index in [4.69, 9.17) is 9.47 Å². The molecule has 9 heteroatoms. The Labute approximate surface area is 219 Å². The Morgan fingerprint density at radius 2 is 1.82 bits per heavy atom. The van der Waals surface area contributed by atoms with Crippen LogP contribution in [0.15, 0.2) is 83.9 Å². The molecule has 0 spiro atoms. The number of ether oxygens (including phenoxy) is 2. The summed E-state index contributed by atoms with van der Waals surface area (Å²) in [4.78, 5) is 37.2. The number of methoxy groups -OCH3 is 1. The molecule has 0 aliphatic heterocycles. The van der Waals surface area contributed by atoms with Crippen LogP contribution in [0, 0.1) is 6.92 Å². The minimum absolute atomic E-state index is 0.0862. The van der Waals surface area contributed by atoms with Crippen molar-refractivity contribution in [2.24, 2.45) is 0 Å². The van der Waals surface area contributed by atoms with Crippen molar-refractivity contribution in [1.29, 1.82) is 0 Å². The first-order valence-electron chi connectivity index (χ1n) is 12.3. The van der Waals surface area contributed by atoms with Crippen molar-refractivity contribution in [3.05, 3.63) is 101 Å². The smallest absolute Gasteiger partial charge is 0.284 e. The molecule has 3 aromatic heterocycles. The molecular formula is C29H27N5O4. The molecule has 0 aliphatic carbocycles. The first-order chi connectivity index (χ1) is 18.5. The quantitative estimate of drug-likeness (QED) is 0.306. The fourth-order valence-corrected chi connectivity index (χ4v) is 4.27. The lowest BCUT2D eigenvalue weighted by molar-refractivity contribution is 0.0984. The summed E-state index contributed by atoms with van der Waals surface area (Å²) in [7, 11) is 1.61. The van der Waals surface area contributed by atoms with Gasteiger partial charge in [0.2, 0.25) is 0 Å². The number of aryl methyl sites for hydroxylation is 1. The van der Waals surface area contributed by atoms with Gasteiger partial charge in [-0.2, -0.15) is 0 Å². The second-order valence-corrected chi connectivity index (χ2v) is 8.69. The molecule has 1 amide bonds. The summed E-state index contributed by atoms with van der Waals surface area (Å²) < 4.78 is 12.8. The third kappa shape index (κ3) is 4.73. The molecule has 1 N–H and O–H groups in total. The number of H-pyrrole nitrogens is 1. The number of hydrogen-bond donors (Lipinski definition) is 1. The number of aromatic amines is 1. The van der Waals surface area contributed by atoms with E-state index in [2.05, 4.69) is 15.1 Å². The molecule has 0 radical (unpaired) electrons. The maximum Gasteiger partial charge on any atom is 0.284 e. The monoisotopic (exact) mass is 509 g/mol. The Hall–Kier alpha value is -4.92. The lowest BCUT2D eigenvalue weighted by Crippen LogP contribution is -2.36. The van der Waals surface area contributed by atoms with Gasteiger partial charge < -0.3 is 9.47 Å². The highest BCUT2D eigenvalue weighted by atomic mass is 16.5. The van der Waals surface area contributed by atoms with E-state index in [0.717, 1.165) is 10.9 Å². The number of anilines is 1. The van der Waals surface area contributed by atoms with E-state index in [9.17, 15) is 9.59 Å². The third-order valence-corrected chi connectivity index (χ3v) is 6.13. The Balaban J connectivity index is 1.42. The molecule has 5 aromatic rings. The maximum absolute atomic E-state index is 13.6. The Kier molecular flexibility index (Phi) is 6.90. The highest BCUT2D eigenvalue weighted by molar-refractivity contribution is 6.06. The summed E-state index contributed by atoms with van der Waals surface area (Å²) in [6.07, 6.45) is 3.92. The number of carbonyl (C=O) groups excluding carboxylic acids is 1. The molecule has 0 unspecified atom stereocenters. The predicted molar refractivity (Wildman–Crippen MR) is 146 cm³/mol.